The van der Waals surface area contributed by atoms with Crippen molar-refractivity contribution in [1.82, 2.24) is 0 Å². The highest BCUT2D eigenvalue weighted by molar-refractivity contribution is 5.39. The Balaban J connectivity index is 3.17. The highest BCUT2D eigenvalue weighted by Crippen LogP contribution is 2.30. The quantitative estimate of drug-likeness (QED) is 0.435. The van der Waals surface area contributed by atoms with Gasteiger partial charge in [0.2, 0.25) is 11.9 Å². The van der Waals surface area contributed by atoms with Crippen LogP contribution in [0.1, 0.15) is 31.9 Å². The van der Waals surface area contributed by atoms with E-state index in [1.807, 2.05) is 12.1 Å². The van der Waals surface area contributed by atoms with Crippen molar-refractivity contribution in [1.29, 1.82) is 0 Å². The van der Waals surface area contributed by atoms with Crippen LogP contribution in [0.2, 0.25) is 0 Å². The summed E-state index contributed by atoms with van der Waals surface area (Å²) in [6, 6.07) is 7.14. The molecule has 0 aliphatic rings. The first-order valence-electron chi connectivity index (χ1n) is 5.33. The summed E-state index contributed by atoms with van der Waals surface area (Å²) in [6.07, 6.45) is 2.05. The number of isocyanates is 1. The van der Waals surface area contributed by atoms with Gasteiger partial charge in [0.25, 0.3) is 0 Å². The summed E-state index contributed by atoms with van der Waals surface area (Å²) in [5.74, 6) is -1.55. The molecular weight excluding hydrogens is 205 g/mol. The number of aliphatic imine (C=N–C) groups is 1. The van der Waals surface area contributed by atoms with Crippen LogP contribution in [-0.4, -0.2) is 6.08 Å². The summed E-state index contributed by atoms with van der Waals surface area (Å²) in [5.41, 5.74) is 1.34. The fourth-order valence-electron chi connectivity index (χ4n) is 1.73. The van der Waals surface area contributed by atoms with Crippen molar-refractivity contribution in [3.63, 3.8) is 0 Å². The standard InChI is InChI=1S/C13H16FNO/c1-10(2)8-11-6-4-5-7-12(11)13(3,14)15-9-16/h4-7,10H,8H2,1-3H3. The molecule has 0 saturated carbocycles. The van der Waals surface area contributed by atoms with Crippen molar-refractivity contribution >= 4 is 6.08 Å². The van der Waals surface area contributed by atoms with Crippen LogP contribution in [0.15, 0.2) is 29.3 Å². The molecule has 0 amide bonds. The average Bonchev–Trinajstić information content (AvgIpc) is 2.17. The Kier molecular flexibility index (Phi) is 3.97. The van der Waals surface area contributed by atoms with Crippen LogP contribution in [-0.2, 0) is 17.0 Å². The van der Waals surface area contributed by atoms with Gasteiger partial charge in [-0.1, -0.05) is 38.1 Å². The van der Waals surface area contributed by atoms with Crippen LogP contribution >= 0.6 is 0 Å². The topological polar surface area (TPSA) is 29.4 Å². The van der Waals surface area contributed by atoms with Crippen molar-refractivity contribution in [2.45, 2.75) is 33.0 Å². The molecule has 0 aliphatic carbocycles. The molecule has 0 saturated heterocycles. The van der Waals surface area contributed by atoms with E-state index in [2.05, 4.69) is 18.8 Å². The Labute approximate surface area is 95.2 Å². The predicted octanol–water partition coefficient (Wildman–Crippen LogP) is 3.36. The third-order valence-corrected chi connectivity index (χ3v) is 2.39. The Morgan fingerprint density at radius 2 is 2.06 bits per heavy atom. The minimum absolute atomic E-state index is 0.428. The normalized spacial score (nSPS) is 14.3. The number of alkyl halides is 1. The molecule has 1 aromatic carbocycles. The molecule has 0 heterocycles. The maximum absolute atomic E-state index is 14.1. The van der Waals surface area contributed by atoms with E-state index < -0.39 is 5.79 Å². The zero-order valence-electron chi connectivity index (χ0n) is 9.83. The van der Waals surface area contributed by atoms with E-state index in [1.165, 1.54) is 13.0 Å². The van der Waals surface area contributed by atoms with Crippen molar-refractivity contribution in [2.24, 2.45) is 10.9 Å². The molecule has 0 aromatic heterocycles. The minimum atomic E-state index is -1.98. The lowest BCUT2D eigenvalue weighted by atomic mass is 9.93. The van der Waals surface area contributed by atoms with Crippen LogP contribution in [0.5, 0.6) is 0 Å². The maximum Gasteiger partial charge on any atom is 0.238 e. The van der Waals surface area contributed by atoms with Crippen LogP contribution in [0.3, 0.4) is 0 Å². The molecule has 0 bridgehead atoms. The lowest BCUT2D eigenvalue weighted by Gasteiger charge is -2.18. The van der Waals surface area contributed by atoms with Gasteiger partial charge >= 0.3 is 0 Å². The first-order chi connectivity index (χ1) is 7.47. The second kappa shape index (κ2) is 5.04. The molecule has 0 radical (unpaired) electrons. The van der Waals surface area contributed by atoms with Gasteiger partial charge in [0, 0.05) is 5.56 Å². The number of hydrogen-bond donors (Lipinski definition) is 0. The number of rotatable bonds is 4. The zero-order chi connectivity index (χ0) is 12.2. The summed E-state index contributed by atoms with van der Waals surface area (Å²) in [6.45, 7) is 5.40. The van der Waals surface area contributed by atoms with E-state index in [-0.39, 0.29) is 0 Å². The number of hydrogen-bond acceptors (Lipinski definition) is 2. The molecule has 2 nitrogen and oxygen atoms in total. The highest BCUT2D eigenvalue weighted by atomic mass is 19.1. The second-order valence-corrected chi connectivity index (χ2v) is 4.41. The molecule has 0 spiro atoms. The third kappa shape index (κ3) is 3.01. The second-order valence-electron chi connectivity index (χ2n) is 4.41. The van der Waals surface area contributed by atoms with Crippen molar-refractivity contribution < 1.29 is 9.18 Å². The number of carbonyl (C=O) groups excluding carboxylic acids is 1. The van der Waals surface area contributed by atoms with Gasteiger partial charge in [0.1, 0.15) is 0 Å². The maximum atomic E-state index is 14.1. The molecule has 16 heavy (non-hydrogen) atoms. The highest BCUT2D eigenvalue weighted by Gasteiger charge is 2.27. The SMILES string of the molecule is CC(C)Cc1ccccc1C(C)(F)N=C=O. The minimum Gasteiger partial charge on any atom is -0.212 e. The summed E-state index contributed by atoms with van der Waals surface area (Å²) in [4.78, 5) is 13.4. The largest absolute Gasteiger partial charge is 0.238 e. The smallest absolute Gasteiger partial charge is 0.212 e. The van der Waals surface area contributed by atoms with Crippen LogP contribution < -0.4 is 0 Å². The molecule has 1 unspecified atom stereocenters. The van der Waals surface area contributed by atoms with Gasteiger partial charge in [-0.15, -0.1) is 0 Å². The van der Waals surface area contributed by atoms with E-state index in [1.54, 1.807) is 12.1 Å². The lowest BCUT2D eigenvalue weighted by molar-refractivity contribution is 0.204. The Morgan fingerprint density at radius 1 is 1.44 bits per heavy atom. The summed E-state index contributed by atoms with van der Waals surface area (Å²) in [5, 5.41) is 0. The van der Waals surface area contributed by atoms with Gasteiger partial charge in [-0.05, 0) is 24.8 Å². The van der Waals surface area contributed by atoms with Gasteiger partial charge in [0.05, 0.1) is 0 Å². The van der Waals surface area contributed by atoms with Gasteiger partial charge in [-0.25, -0.2) is 9.18 Å². The summed E-state index contributed by atoms with van der Waals surface area (Å²) < 4.78 is 14.1. The molecule has 1 aromatic rings. The van der Waals surface area contributed by atoms with E-state index in [4.69, 9.17) is 0 Å². The van der Waals surface area contributed by atoms with Crippen molar-refractivity contribution in [3.05, 3.63) is 35.4 Å². The number of benzene rings is 1. The molecule has 0 fully saturated rings. The van der Waals surface area contributed by atoms with E-state index in [9.17, 15) is 9.18 Å². The Hall–Kier alpha value is -1.47. The first kappa shape index (κ1) is 12.6. The van der Waals surface area contributed by atoms with Crippen LogP contribution in [0.25, 0.3) is 0 Å². The first-order valence-corrected chi connectivity index (χ1v) is 5.33. The molecule has 86 valence electrons. The average molecular weight is 221 g/mol. The Morgan fingerprint density at radius 3 is 2.62 bits per heavy atom. The van der Waals surface area contributed by atoms with Crippen molar-refractivity contribution in [3.8, 4) is 0 Å². The summed E-state index contributed by atoms with van der Waals surface area (Å²) in [7, 11) is 0. The van der Waals surface area contributed by atoms with Crippen molar-refractivity contribution in [2.75, 3.05) is 0 Å². The lowest BCUT2D eigenvalue weighted by Crippen LogP contribution is -2.15. The fraction of sp³-hybridized carbons (Fsp3) is 0.462. The monoisotopic (exact) mass is 221 g/mol. The molecular formula is C13H16FNO. The summed E-state index contributed by atoms with van der Waals surface area (Å²) >= 11 is 0. The third-order valence-electron chi connectivity index (χ3n) is 2.39. The van der Waals surface area contributed by atoms with E-state index in [0.717, 1.165) is 12.0 Å². The van der Waals surface area contributed by atoms with Gasteiger partial charge < -0.3 is 0 Å². The molecule has 0 aliphatic heterocycles. The molecule has 1 rings (SSSR count). The van der Waals surface area contributed by atoms with E-state index in [0.29, 0.717) is 11.5 Å². The molecule has 3 heteroatoms. The number of nitrogens with zero attached hydrogens (tertiary/aromatic N) is 1. The zero-order valence-corrected chi connectivity index (χ0v) is 9.83. The van der Waals surface area contributed by atoms with Gasteiger partial charge in [-0.3, -0.25) is 0 Å². The number of halogens is 1. The predicted molar refractivity (Wildman–Crippen MR) is 61.6 cm³/mol. The van der Waals surface area contributed by atoms with Gasteiger partial charge in [-0.2, -0.15) is 4.99 Å². The van der Waals surface area contributed by atoms with Gasteiger partial charge in [0.15, 0.2) is 0 Å². The van der Waals surface area contributed by atoms with Crippen LogP contribution in [0.4, 0.5) is 4.39 Å². The van der Waals surface area contributed by atoms with E-state index >= 15 is 0 Å². The van der Waals surface area contributed by atoms with Crippen LogP contribution in [0, 0.1) is 5.92 Å². The Bertz CT molecular complexity index is 406. The fourth-order valence-corrected chi connectivity index (χ4v) is 1.73. The molecule has 1 atom stereocenters. The molecule has 0 N–H and O–H groups in total.